The van der Waals surface area contributed by atoms with E-state index in [0.717, 1.165) is 17.7 Å². The number of aryl methyl sites for hydroxylation is 1. The Morgan fingerprint density at radius 1 is 1.12 bits per heavy atom. The Hall–Kier alpha value is -2.55. The summed E-state index contributed by atoms with van der Waals surface area (Å²) in [4.78, 5) is 11.6. The van der Waals surface area contributed by atoms with Gasteiger partial charge in [0.2, 0.25) is 5.91 Å². The third-order valence-electron chi connectivity index (χ3n) is 3.53. The summed E-state index contributed by atoms with van der Waals surface area (Å²) in [7, 11) is -4.46. The van der Waals surface area contributed by atoms with Crippen molar-refractivity contribution in [2.45, 2.75) is 24.4 Å². The number of nitrogens with two attached hydrogens (primary N) is 1. The number of anilines is 2. The fourth-order valence-electron chi connectivity index (χ4n) is 2.32. The van der Waals surface area contributed by atoms with E-state index in [1.807, 2.05) is 0 Å². The Kier molecular flexibility index (Phi) is 5.60. The highest BCUT2D eigenvalue weighted by Crippen LogP contribution is 2.23. The zero-order valence-corrected chi connectivity index (χ0v) is 14.6. The number of nitrogens with one attached hydrogen (secondary N) is 1. The standard InChI is InChI=1S/C17H17F3N2O3S/c1-11-8-13(21)4-7-15(11)22-16(23)9-12-2-5-14(6-3-12)26(24,25)10-17(18,19)20/h2-8H,9-10,21H2,1H3,(H,22,23). The van der Waals surface area contributed by atoms with Crippen molar-refractivity contribution >= 4 is 27.1 Å². The minimum absolute atomic E-state index is 0.0522. The van der Waals surface area contributed by atoms with E-state index in [2.05, 4.69) is 5.32 Å². The van der Waals surface area contributed by atoms with Crippen LogP contribution in [-0.2, 0) is 21.1 Å². The topological polar surface area (TPSA) is 89.3 Å². The summed E-state index contributed by atoms with van der Waals surface area (Å²) in [5.74, 6) is -2.26. The van der Waals surface area contributed by atoms with Gasteiger partial charge in [0, 0.05) is 11.4 Å². The lowest BCUT2D eigenvalue weighted by molar-refractivity contribution is -0.115. The lowest BCUT2D eigenvalue weighted by Crippen LogP contribution is -2.23. The highest BCUT2D eigenvalue weighted by molar-refractivity contribution is 7.91. The van der Waals surface area contributed by atoms with Crippen molar-refractivity contribution in [3.05, 3.63) is 53.6 Å². The molecule has 9 heteroatoms. The van der Waals surface area contributed by atoms with Gasteiger partial charge in [0.1, 0.15) is 0 Å². The summed E-state index contributed by atoms with van der Waals surface area (Å²) in [5.41, 5.74) is 8.05. The molecule has 0 saturated carbocycles. The maximum Gasteiger partial charge on any atom is 0.403 e. The molecule has 0 radical (unpaired) electrons. The predicted molar refractivity (Wildman–Crippen MR) is 92.5 cm³/mol. The van der Waals surface area contributed by atoms with E-state index in [4.69, 9.17) is 5.73 Å². The molecule has 2 aromatic rings. The second-order valence-corrected chi connectivity index (χ2v) is 7.81. The number of nitrogen functional groups attached to an aromatic ring is 1. The summed E-state index contributed by atoms with van der Waals surface area (Å²) in [6.07, 6.45) is -4.86. The third kappa shape index (κ3) is 5.48. The minimum Gasteiger partial charge on any atom is -0.399 e. The molecule has 0 heterocycles. The Morgan fingerprint density at radius 2 is 1.73 bits per heavy atom. The maximum absolute atomic E-state index is 12.3. The molecular weight excluding hydrogens is 369 g/mol. The van der Waals surface area contributed by atoms with Crippen LogP contribution < -0.4 is 11.1 Å². The molecule has 5 nitrogen and oxygen atoms in total. The molecule has 0 aliphatic rings. The van der Waals surface area contributed by atoms with Gasteiger partial charge in [-0.1, -0.05) is 12.1 Å². The van der Waals surface area contributed by atoms with Crippen molar-refractivity contribution in [3.8, 4) is 0 Å². The molecule has 0 aliphatic carbocycles. The van der Waals surface area contributed by atoms with Crippen LogP contribution in [0.15, 0.2) is 47.4 Å². The number of benzene rings is 2. The van der Waals surface area contributed by atoms with E-state index in [9.17, 15) is 26.4 Å². The number of hydrogen-bond acceptors (Lipinski definition) is 4. The van der Waals surface area contributed by atoms with Crippen molar-refractivity contribution in [1.82, 2.24) is 0 Å². The van der Waals surface area contributed by atoms with Crippen LogP contribution in [0, 0.1) is 6.92 Å². The van der Waals surface area contributed by atoms with Gasteiger partial charge < -0.3 is 11.1 Å². The molecule has 0 bridgehead atoms. The Labute approximate surface area is 148 Å². The molecule has 2 rings (SSSR count). The van der Waals surface area contributed by atoms with Gasteiger partial charge in [0.05, 0.1) is 11.3 Å². The number of halogens is 3. The monoisotopic (exact) mass is 386 g/mol. The normalized spacial score (nSPS) is 12.0. The van der Waals surface area contributed by atoms with Crippen molar-refractivity contribution < 1.29 is 26.4 Å². The lowest BCUT2D eigenvalue weighted by Gasteiger charge is -2.10. The first-order valence-corrected chi connectivity index (χ1v) is 9.16. The van der Waals surface area contributed by atoms with E-state index < -0.39 is 26.7 Å². The van der Waals surface area contributed by atoms with Gasteiger partial charge in [-0.05, 0) is 48.4 Å². The van der Waals surface area contributed by atoms with Crippen LogP contribution >= 0.6 is 0 Å². The smallest absolute Gasteiger partial charge is 0.399 e. The SMILES string of the molecule is Cc1cc(N)ccc1NC(=O)Cc1ccc(S(=O)(=O)CC(F)(F)F)cc1. The molecule has 2 aromatic carbocycles. The first-order chi connectivity index (χ1) is 12.0. The highest BCUT2D eigenvalue weighted by atomic mass is 32.2. The summed E-state index contributed by atoms with van der Waals surface area (Å²) < 4.78 is 60.3. The molecular formula is C17H17F3N2O3S. The van der Waals surface area contributed by atoms with E-state index >= 15 is 0 Å². The highest BCUT2D eigenvalue weighted by Gasteiger charge is 2.35. The third-order valence-corrected chi connectivity index (χ3v) is 5.22. The quantitative estimate of drug-likeness (QED) is 0.773. The van der Waals surface area contributed by atoms with Crippen LogP contribution in [0.4, 0.5) is 24.5 Å². The second-order valence-electron chi connectivity index (χ2n) is 5.82. The molecule has 0 saturated heterocycles. The fraction of sp³-hybridized carbons (Fsp3) is 0.235. The van der Waals surface area contributed by atoms with Gasteiger partial charge in [-0.25, -0.2) is 8.42 Å². The molecule has 0 aliphatic heterocycles. The van der Waals surface area contributed by atoms with Crippen LogP contribution in [-0.4, -0.2) is 26.3 Å². The van der Waals surface area contributed by atoms with Gasteiger partial charge in [-0.2, -0.15) is 13.2 Å². The molecule has 0 atom stereocenters. The minimum atomic E-state index is -4.81. The van der Waals surface area contributed by atoms with E-state index in [1.54, 1.807) is 25.1 Å². The number of carbonyl (C=O) groups excluding carboxylic acids is 1. The van der Waals surface area contributed by atoms with Crippen LogP contribution in [0.3, 0.4) is 0 Å². The van der Waals surface area contributed by atoms with Gasteiger partial charge >= 0.3 is 6.18 Å². The average Bonchev–Trinajstić information content (AvgIpc) is 2.48. The maximum atomic E-state index is 12.3. The van der Waals surface area contributed by atoms with E-state index in [0.29, 0.717) is 16.9 Å². The molecule has 0 aromatic heterocycles. The van der Waals surface area contributed by atoms with Crippen LogP contribution in [0.1, 0.15) is 11.1 Å². The van der Waals surface area contributed by atoms with Crippen LogP contribution in [0.5, 0.6) is 0 Å². The first-order valence-electron chi connectivity index (χ1n) is 7.51. The molecule has 1 amide bonds. The number of rotatable bonds is 5. The zero-order chi connectivity index (χ0) is 19.5. The van der Waals surface area contributed by atoms with E-state index in [-0.39, 0.29) is 12.3 Å². The summed E-state index contributed by atoms with van der Waals surface area (Å²) >= 11 is 0. The van der Waals surface area contributed by atoms with Crippen molar-refractivity contribution in [1.29, 1.82) is 0 Å². The average molecular weight is 386 g/mol. The largest absolute Gasteiger partial charge is 0.403 e. The molecule has 140 valence electrons. The molecule has 0 unspecified atom stereocenters. The molecule has 0 spiro atoms. The molecule has 0 fully saturated rings. The van der Waals surface area contributed by atoms with Gasteiger partial charge in [0.15, 0.2) is 15.6 Å². The Morgan fingerprint density at radius 3 is 2.27 bits per heavy atom. The molecule has 26 heavy (non-hydrogen) atoms. The second kappa shape index (κ2) is 7.36. The van der Waals surface area contributed by atoms with Crippen molar-refractivity contribution in [3.63, 3.8) is 0 Å². The van der Waals surface area contributed by atoms with Gasteiger partial charge in [-0.3, -0.25) is 4.79 Å². The number of carbonyl (C=O) groups is 1. The lowest BCUT2D eigenvalue weighted by atomic mass is 10.1. The molecule has 3 N–H and O–H groups in total. The number of sulfone groups is 1. The van der Waals surface area contributed by atoms with Crippen molar-refractivity contribution in [2.24, 2.45) is 0 Å². The van der Waals surface area contributed by atoms with Crippen LogP contribution in [0.25, 0.3) is 0 Å². The number of amides is 1. The predicted octanol–water partition coefficient (Wildman–Crippen LogP) is 3.09. The first kappa shape index (κ1) is 19.8. The number of hydrogen-bond donors (Lipinski definition) is 2. The van der Waals surface area contributed by atoms with Gasteiger partial charge in [0.25, 0.3) is 0 Å². The summed E-state index contributed by atoms with van der Waals surface area (Å²) in [6.45, 7) is 1.78. The van der Waals surface area contributed by atoms with E-state index in [1.165, 1.54) is 12.1 Å². The summed E-state index contributed by atoms with van der Waals surface area (Å²) in [6, 6.07) is 9.78. The zero-order valence-electron chi connectivity index (χ0n) is 13.8. The van der Waals surface area contributed by atoms with Crippen LogP contribution in [0.2, 0.25) is 0 Å². The Balaban J connectivity index is 2.06. The fourth-order valence-corrected chi connectivity index (χ4v) is 3.47. The van der Waals surface area contributed by atoms with Crippen molar-refractivity contribution in [2.75, 3.05) is 16.8 Å². The Bertz CT molecular complexity index is 908. The number of alkyl halides is 3. The van der Waals surface area contributed by atoms with Gasteiger partial charge in [-0.15, -0.1) is 0 Å². The summed E-state index contributed by atoms with van der Waals surface area (Å²) in [5, 5.41) is 2.70.